The highest BCUT2D eigenvalue weighted by Gasteiger charge is 2.22. The van der Waals surface area contributed by atoms with Gasteiger partial charge in [-0.3, -0.25) is 9.59 Å². The summed E-state index contributed by atoms with van der Waals surface area (Å²) >= 11 is 1.38. The highest BCUT2D eigenvalue weighted by atomic mass is 32.2. The van der Waals surface area contributed by atoms with E-state index in [-0.39, 0.29) is 17.1 Å². The normalized spacial score (nSPS) is 16.4. The molecule has 0 bridgehead atoms. The molecule has 1 aliphatic rings. The monoisotopic (exact) mass is 365 g/mol. The lowest BCUT2D eigenvalue weighted by Crippen LogP contribution is -2.31. The Labute approximate surface area is 153 Å². The molecule has 1 fully saturated rings. The number of hydrogen-bond donors (Lipinski definition) is 1. The molecule has 138 valence electrons. The predicted molar refractivity (Wildman–Crippen MR) is 98.1 cm³/mol. The van der Waals surface area contributed by atoms with E-state index < -0.39 is 0 Å². The van der Waals surface area contributed by atoms with Crippen molar-refractivity contribution in [3.05, 3.63) is 18.5 Å². The van der Waals surface area contributed by atoms with Crippen molar-refractivity contribution in [1.82, 2.24) is 25.0 Å². The minimum Gasteiger partial charge on any atom is -0.352 e. The first kappa shape index (κ1) is 19.5. The van der Waals surface area contributed by atoms with Gasteiger partial charge in [0, 0.05) is 26.1 Å². The molecule has 0 saturated carbocycles. The molecule has 0 aliphatic carbocycles. The highest BCUT2D eigenvalue weighted by molar-refractivity contribution is 8.00. The number of carbonyl (C=O) groups is 2. The standard InChI is InChI=1S/C17H27N5O2S/c1-4-10-18-16(24)13(3)25-17-20-19-14(22(17)5-2)12-21-11-8-6-7-9-15(21)23/h4,13H,1,5-12H2,2-3H3,(H,18,24)/t13-/m1/s1. The third-order valence-corrected chi connectivity index (χ3v) is 5.27. The predicted octanol–water partition coefficient (Wildman–Crippen LogP) is 1.98. The quantitative estimate of drug-likeness (QED) is 0.563. The van der Waals surface area contributed by atoms with Gasteiger partial charge in [0.15, 0.2) is 11.0 Å². The van der Waals surface area contributed by atoms with E-state index in [0.717, 1.165) is 31.6 Å². The summed E-state index contributed by atoms with van der Waals surface area (Å²) in [6, 6.07) is 0. The Morgan fingerprint density at radius 3 is 2.92 bits per heavy atom. The Morgan fingerprint density at radius 1 is 1.40 bits per heavy atom. The van der Waals surface area contributed by atoms with Crippen LogP contribution in [0.2, 0.25) is 0 Å². The van der Waals surface area contributed by atoms with E-state index in [2.05, 4.69) is 22.1 Å². The molecule has 1 aromatic rings. The van der Waals surface area contributed by atoms with Crippen LogP contribution >= 0.6 is 11.8 Å². The first-order valence-corrected chi connectivity index (χ1v) is 9.69. The highest BCUT2D eigenvalue weighted by Crippen LogP contribution is 2.23. The summed E-state index contributed by atoms with van der Waals surface area (Å²) in [6.45, 7) is 9.87. The summed E-state index contributed by atoms with van der Waals surface area (Å²) in [7, 11) is 0. The molecule has 1 N–H and O–H groups in total. The summed E-state index contributed by atoms with van der Waals surface area (Å²) in [4.78, 5) is 26.1. The number of rotatable bonds is 8. The van der Waals surface area contributed by atoms with Crippen LogP contribution in [0.5, 0.6) is 0 Å². The molecule has 7 nitrogen and oxygen atoms in total. The molecule has 0 unspecified atom stereocenters. The second-order valence-corrected chi connectivity index (χ2v) is 7.37. The maximum Gasteiger partial charge on any atom is 0.233 e. The van der Waals surface area contributed by atoms with Gasteiger partial charge in [0.25, 0.3) is 0 Å². The minimum atomic E-state index is -0.276. The molecule has 0 aromatic carbocycles. The largest absolute Gasteiger partial charge is 0.352 e. The van der Waals surface area contributed by atoms with E-state index in [1.165, 1.54) is 11.8 Å². The van der Waals surface area contributed by atoms with Crippen molar-refractivity contribution in [3.8, 4) is 0 Å². The number of thioether (sulfide) groups is 1. The molecule has 2 rings (SSSR count). The SMILES string of the molecule is C=CCNC(=O)[C@@H](C)Sc1nnc(CN2CCCCCC2=O)n1CC. The number of hydrogen-bond acceptors (Lipinski definition) is 5. The van der Waals surface area contributed by atoms with Crippen molar-refractivity contribution in [1.29, 1.82) is 0 Å². The molecular weight excluding hydrogens is 338 g/mol. The maximum absolute atomic E-state index is 12.2. The molecular formula is C17H27N5O2S. The molecule has 1 aliphatic heterocycles. The molecule has 2 amide bonds. The van der Waals surface area contributed by atoms with Gasteiger partial charge in [0.2, 0.25) is 11.8 Å². The van der Waals surface area contributed by atoms with Gasteiger partial charge >= 0.3 is 0 Å². The number of carbonyl (C=O) groups excluding carboxylic acids is 2. The number of nitrogens with zero attached hydrogens (tertiary/aromatic N) is 4. The maximum atomic E-state index is 12.2. The van der Waals surface area contributed by atoms with Gasteiger partial charge in [0.05, 0.1) is 11.8 Å². The zero-order chi connectivity index (χ0) is 18.2. The van der Waals surface area contributed by atoms with Gasteiger partial charge in [-0.2, -0.15) is 0 Å². The minimum absolute atomic E-state index is 0.0557. The van der Waals surface area contributed by atoms with Crippen molar-refractivity contribution < 1.29 is 9.59 Å². The first-order valence-electron chi connectivity index (χ1n) is 8.82. The summed E-state index contributed by atoms with van der Waals surface area (Å²) in [5.41, 5.74) is 0. The molecule has 0 radical (unpaired) electrons. The zero-order valence-electron chi connectivity index (χ0n) is 15.0. The lowest BCUT2D eigenvalue weighted by molar-refractivity contribution is -0.131. The fourth-order valence-corrected chi connectivity index (χ4v) is 3.70. The van der Waals surface area contributed by atoms with Gasteiger partial charge in [-0.05, 0) is 26.7 Å². The van der Waals surface area contributed by atoms with Crippen LogP contribution in [0, 0.1) is 0 Å². The fourth-order valence-electron chi connectivity index (χ4n) is 2.75. The fraction of sp³-hybridized carbons (Fsp3) is 0.647. The molecule has 0 spiro atoms. The third-order valence-electron chi connectivity index (χ3n) is 4.19. The lowest BCUT2D eigenvalue weighted by atomic mass is 10.2. The Balaban J connectivity index is 2.05. The van der Waals surface area contributed by atoms with Gasteiger partial charge < -0.3 is 14.8 Å². The van der Waals surface area contributed by atoms with Crippen LogP contribution in [-0.4, -0.2) is 49.8 Å². The van der Waals surface area contributed by atoms with Crippen LogP contribution in [0.4, 0.5) is 0 Å². The summed E-state index contributed by atoms with van der Waals surface area (Å²) in [5, 5.41) is 11.7. The lowest BCUT2D eigenvalue weighted by Gasteiger charge is -2.20. The van der Waals surface area contributed by atoms with Gasteiger partial charge in [-0.1, -0.05) is 24.3 Å². The molecule has 2 heterocycles. The summed E-state index contributed by atoms with van der Waals surface area (Å²) < 4.78 is 1.99. The average Bonchev–Trinajstić information content (AvgIpc) is 2.86. The Hall–Kier alpha value is -1.83. The van der Waals surface area contributed by atoms with Crippen LogP contribution in [-0.2, 0) is 22.7 Å². The second-order valence-electron chi connectivity index (χ2n) is 6.06. The molecule has 1 atom stereocenters. The second kappa shape index (κ2) is 9.60. The van der Waals surface area contributed by atoms with Crippen molar-refractivity contribution in [3.63, 3.8) is 0 Å². The number of aromatic nitrogens is 3. The molecule has 1 saturated heterocycles. The van der Waals surface area contributed by atoms with Crippen LogP contribution in [0.3, 0.4) is 0 Å². The Kier molecular flexibility index (Phi) is 7.49. The third kappa shape index (κ3) is 5.32. The van der Waals surface area contributed by atoms with Crippen LogP contribution in [0.15, 0.2) is 17.8 Å². The van der Waals surface area contributed by atoms with Gasteiger partial charge in [0.1, 0.15) is 0 Å². The van der Waals surface area contributed by atoms with E-state index in [1.807, 2.05) is 23.3 Å². The average molecular weight is 366 g/mol. The zero-order valence-corrected chi connectivity index (χ0v) is 15.8. The number of amides is 2. The molecule has 1 aromatic heterocycles. The van der Waals surface area contributed by atoms with Crippen molar-refractivity contribution >= 4 is 23.6 Å². The first-order chi connectivity index (χ1) is 12.1. The summed E-state index contributed by atoms with van der Waals surface area (Å²) in [5.74, 6) is 0.910. The van der Waals surface area contributed by atoms with Crippen molar-refractivity contribution in [2.45, 2.75) is 63.0 Å². The van der Waals surface area contributed by atoms with Crippen LogP contribution < -0.4 is 5.32 Å². The van der Waals surface area contributed by atoms with Crippen LogP contribution in [0.25, 0.3) is 0 Å². The number of nitrogens with one attached hydrogen (secondary N) is 1. The van der Waals surface area contributed by atoms with E-state index >= 15 is 0 Å². The topological polar surface area (TPSA) is 80.1 Å². The van der Waals surface area contributed by atoms with E-state index in [1.54, 1.807) is 6.08 Å². The molecule has 8 heteroatoms. The van der Waals surface area contributed by atoms with E-state index in [9.17, 15) is 9.59 Å². The van der Waals surface area contributed by atoms with Gasteiger partial charge in [-0.25, -0.2) is 0 Å². The summed E-state index contributed by atoms with van der Waals surface area (Å²) in [6.07, 6.45) is 5.37. The van der Waals surface area contributed by atoms with Crippen molar-refractivity contribution in [2.75, 3.05) is 13.1 Å². The van der Waals surface area contributed by atoms with Gasteiger partial charge in [-0.15, -0.1) is 16.8 Å². The Bertz CT molecular complexity index is 616. The molecule has 25 heavy (non-hydrogen) atoms. The Morgan fingerprint density at radius 2 is 2.20 bits per heavy atom. The van der Waals surface area contributed by atoms with E-state index in [4.69, 9.17) is 0 Å². The smallest absolute Gasteiger partial charge is 0.233 e. The number of likely N-dealkylation sites (tertiary alicyclic amines) is 1. The van der Waals surface area contributed by atoms with E-state index in [0.29, 0.717) is 31.2 Å². The van der Waals surface area contributed by atoms with Crippen LogP contribution in [0.1, 0.15) is 45.4 Å². The van der Waals surface area contributed by atoms with Crippen molar-refractivity contribution in [2.24, 2.45) is 0 Å².